The van der Waals surface area contributed by atoms with Crippen LogP contribution >= 0.6 is 0 Å². The molecule has 0 saturated heterocycles. The molecule has 1 saturated carbocycles. The zero-order valence-corrected chi connectivity index (χ0v) is 9.93. The van der Waals surface area contributed by atoms with E-state index in [0.717, 1.165) is 25.5 Å². The summed E-state index contributed by atoms with van der Waals surface area (Å²) >= 11 is 0. The average Bonchev–Trinajstić information content (AvgIpc) is 2.08. The maximum Gasteiger partial charge on any atom is 0.238 e. The first-order valence-corrected chi connectivity index (χ1v) is 6.97. The van der Waals surface area contributed by atoms with Crippen molar-refractivity contribution in [3.05, 3.63) is 0 Å². The van der Waals surface area contributed by atoms with Crippen molar-refractivity contribution in [1.29, 1.82) is 0 Å². The number of hydrogen-bond donors (Lipinski definition) is 2. The molecule has 0 aromatic heterocycles. The first-order chi connectivity index (χ1) is 6.81. The number of nitrogens with two attached hydrogens (primary N) is 1. The van der Waals surface area contributed by atoms with Gasteiger partial charge in [0.05, 0.1) is 5.54 Å². The molecule has 0 bridgehead atoms. The molecule has 0 aromatic rings. The van der Waals surface area contributed by atoms with E-state index in [9.17, 15) is 13.2 Å². The maximum absolute atomic E-state index is 11.6. The average molecular weight is 234 g/mol. The minimum atomic E-state index is -3.32. The fraction of sp³-hybridized carbons (Fsp3) is 0.889. The van der Waals surface area contributed by atoms with E-state index >= 15 is 0 Å². The van der Waals surface area contributed by atoms with E-state index in [0.29, 0.717) is 6.54 Å². The molecule has 1 fully saturated rings. The molecule has 1 rings (SSSR count). The van der Waals surface area contributed by atoms with Crippen LogP contribution in [0, 0.1) is 0 Å². The van der Waals surface area contributed by atoms with Gasteiger partial charge in [0.1, 0.15) is 5.25 Å². The van der Waals surface area contributed by atoms with Crippen molar-refractivity contribution in [2.24, 2.45) is 5.73 Å². The van der Waals surface area contributed by atoms with Gasteiger partial charge in [-0.2, -0.15) is 0 Å². The lowest BCUT2D eigenvalue weighted by Crippen LogP contribution is -2.60. The van der Waals surface area contributed by atoms with Gasteiger partial charge in [-0.1, -0.05) is 0 Å². The Bertz CT molecular complexity index is 341. The number of rotatable bonds is 4. The van der Waals surface area contributed by atoms with Gasteiger partial charge in [-0.3, -0.25) is 4.79 Å². The normalized spacial score (nSPS) is 21.5. The molecule has 0 aromatic carbocycles. The van der Waals surface area contributed by atoms with Crippen molar-refractivity contribution < 1.29 is 13.2 Å². The maximum atomic E-state index is 11.6. The third kappa shape index (κ3) is 2.69. The SMILES string of the molecule is CC(C(=O)NC1(CN)CCC1)S(C)(=O)=O. The molecule has 1 amide bonds. The van der Waals surface area contributed by atoms with Crippen LogP contribution in [0.4, 0.5) is 0 Å². The van der Waals surface area contributed by atoms with Crippen LogP contribution in [0.15, 0.2) is 0 Å². The number of carbonyl (C=O) groups excluding carboxylic acids is 1. The van der Waals surface area contributed by atoms with Crippen molar-refractivity contribution in [2.75, 3.05) is 12.8 Å². The predicted octanol–water partition coefficient (Wildman–Crippen LogP) is -0.583. The molecule has 5 nitrogen and oxygen atoms in total. The Labute approximate surface area is 90.3 Å². The summed E-state index contributed by atoms with van der Waals surface area (Å²) in [4.78, 5) is 11.6. The highest BCUT2D eigenvalue weighted by Crippen LogP contribution is 2.30. The zero-order valence-electron chi connectivity index (χ0n) is 9.12. The fourth-order valence-corrected chi connectivity index (χ4v) is 1.99. The Morgan fingerprint density at radius 2 is 2.07 bits per heavy atom. The van der Waals surface area contributed by atoms with Crippen LogP contribution in [0.25, 0.3) is 0 Å². The van der Waals surface area contributed by atoms with Crippen LogP contribution in [-0.4, -0.2) is 37.9 Å². The topological polar surface area (TPSA) is 89.3 Å². The van der Waals surface area contributed by atoms with Crippen molar-refractivity contribution in [1.82, 2.24) is 5.32 Å². The molecule has 0 radical (unpaired) electrons. The van der Waals surface area contributed by atoms with Crippen molar-refractivity contribution in [3.63, 3.8) is 0 Å². The Morgan fingerprint density at radius 3 is 2.33 bits per heavy atom. The summed E-state index contributed by atoms with van der Waals surface area (Å²) in [5.74, 6) is -0.442. The van der Waals surface area contributed by atoms with Gasteiger partial charge in [0.25, 0.3) is 0 Å². The smallest absolute Gasteiger partial charge is 0.238 e. The molecule has 1 aliphatic carbocycles. The number of nitrogens with one attached hydrogen (secondary N) is 1. The molecule has 3 N–H and O–H groups in total. The second-order valence-corrected chi connectivity index (χ2v) is 6.67. The van der Waals surface area contributed by atoms with Crippen molar-refractivity contribution in [2.45, 2.75) is 37.0 Å². The van der Waals surface area contributed by atoms with Crippen LogP contribution in [0.5, 0.6) is 0 Å². The number of amides is 1. The molecule has 1 atom stereocenters. The van der Waals surface area contributed by atoms with E-state index in [2.05, 4.69) is 5.32 Å². The van der Waals surface area contributed by atoms with Gasteiger partial charge in [0, 0.05) is 12.8 Å². The lowest BCUT2D eigenvalue weighted by molar-refractivity contribution is -0.123. The third-order valence-corrected chi connectivity index (χ3v) is 4.60. The van der Waals surface area contributed by atoms with Crippen LogP contribution in [0.1, 0.15) is 26.2 Å². The predicted molar refractivity (Wildman–Crippen MR) is 58.1 cm³/mol. The summed E-state index contributed by atoms with van der Waals surface area (Å²) in [7, 11) is -3.32. The highest BCUT2D eigenvalue weighted by atomic mass is 32.2. The van der Waals surface area contributed by atoms with E-state index in [1.807, 2.05) is 0 Å². The van der Waals surface area contributed by atoms with Gasteiger partial charge >= 0.3 is 0 Å². The molecule has 0 heterocycles. The van der Waals surface area contributed by atoms with E-state index in [-0.39, 0.29) is 5.54 Å². The van der Waals surface area contributed by atoms with Gasteiger partial charge in [0.15, 0.2) is 9.84 Å². The van der Waals surface area contributed by atoms with E-state index in [1.54, 1.807) is 0 Å². The lowest BCUT2D eigenvalue weighted by Gasteiger charge is -2.42. The Kier molecular flexibility index (Phi) is 3.40. The molecule has 0 spiro atoms. The zero-order chi connectivity index (χ0) is 11.7. The Balaban J connectivity index is 2.63. The lowest BCUT2D eigenvalue weighted by atomic mass is 9.77. The highest BCUT2D eigenvalue weighted by molar-refractivity contribution is 7.92. The van der Waals surface area contributed by atoms with E-state index in [4.69, 9.17) is 5.73 Å². The third-order valence-electron chi connectivity index (χ3n) is 3.10. The van der Waals surface area contributed by atoms with Crippen LogP contribution in [0.2, 0.25) is 0 Å². The van der Waals surface area contributed by atoms with Gasteiger partial charge in [-0.25, -0.2) is 8.42 Å². The molecule has 0 aliphatic heterocycles. The Morgan fingerprint density at radius 1 is 1.53 bits per heavy atom. The number of carbonyl (C=O) groups is 1. The standard InChI is InChI=1S/C9H18N2O3S/c1-7(15(2,13)14)8(12)11-9(6-10)4-3-5-9/h7H,3-6,10H2,1-2H3,(H,11,12). The van der Waals surface area contributed by atoms with E-state index in [1.165, 1.54) is 6.92 Å². The minimum Gasteiger partial charge on any atom is -0.348 e. The largest absolute Gasteiger partial charge is 0.348 e. The molecular weight excluding hydrogens is 216 g/mol. The summed E-state index contributed by atoms with van der Waals surface area (Å²) in [6, 6.07) is 0. The molecular formula is C9H18N2O3S. The minimum absolute atomic E-state index is 0.351. The van der Waals surface area contributed by atoms with Gasteiger partial charge in [0.2, 0.25) is 5.91 Å². The molecule has 1 unspecified atom stereocenters. The summed E-state index contributed by atoms with van der Waals surface area (Å²) in [5, 5.41) is 1.74. The highest BCUT2D eigenvalue weighted by Gasteiger charge is 2.39. The van der Waals surface area contributed by atoms with Gasteiger partial charge in [-0.05, 0) is 26.2 Å². The quantitative estimate of drug-likeness (QED) is 0.681. The second kappa shape index (κ2) is 4.09. The van der Waals surface area contributed by atoms with E-state index < -0.39 is 21.0 Å². The van der Waals surface area contributed by atoms with Crippen LogP contribution in [0.3, 0.4) is 0 Å². The van der Waals surface area contributed by atoms with Crippen molar-refractivity contribution in [3.8, 4) is 0 Å². The van der Waals surface area contributed by atoms with Crippen molar-refractivity contribution >= 4 is 15.7 Å². The van der Waals surface area contributed by atoms with Crippen LogP contribution in [-0.2, 0) is 14.6 Å². The second-order valence-electron chi connectivity index (χ2n) is 4.30. The monoisotopic (exact) mass is 234 g/mol. The first-order valence-electron chi connectivity index (χ1n) is 5.02. The number of sulfone groups is 1. The summed E-state index contributed by atoms with van der Waals surface area (Å²) < 4.78 is 22.3. The molecule has 88 valence electrons. The summed E-state index contributed by atoms with van der Waals surface area (Å²) in [5.41, 5.74) is 5.21. The molecule has 15 heavy (non-hydrogen) atoms. The first kappa shape index (κ1) is 12.4. The summed E-state index contributed by atoms with van der Waals surface area (Å²) in [6.07, 6.45) is 3.77. The fourth-order valence-electron chi connectivity index (χ4n) is 1.54. The molecule has 6 heteroatoms. The number of hydrogen-bond acceptors (Lipinski definition) is 4. The molecule has 1 aliphatic rings. The van der Waals surface area contributed by atoms with Gasteiger partial charge in [-0.15, -0.1) is 0 Å². The Hall–Kier alpha value is -0.620. The van der Waals surface area contributed by atoms with Crippen LogP contribution < -0.4 is 11.1 Å². The summed E-state index contributed by atoms with van der Waals surface area (Å²) in [6.45, 7) is 1.77. The van der Waals surface area contributed by atoms with Gasteiger partial charge < -0.3 is 11.1 Å².